The van der Waals surface area contributed by atoms with Crippen molar-refractivity contribution in [3.05, 3.63) is 43.7 Å². The fourth-order valence-corrected chi connectivity index (χ4v) is 3.75. The zero-order valence-electron chi connectivity index (χ0n) is 12.9. The van der Waals surface area contributed by atoms with Crippen LogP contribution in [-0.2, 0) is 5.41 Å². The maximum Gasteiger partial charge on any atom is 0.259 e. The van der Waals surface area contributed by atoms with Gasteiger partial charge in [-0.05, 0) is 35.4 Å². The molecule has 0 saturated carbocycles. The average molecular weight is 331 g/mol. The highest BCUT2D eigenvalue weighted by molar-refractivity contribution is 7.16. The molecule has 0 fully saturated rings. The average Bonchev–Trinajstić information content (AvgIpc) is 3.06. The number of hydrogen-bond acceptors (Lipinski definition) is 5. The molecule has 22 heavy (non-hydrogen) atoms. The van der Waals surface area contributed by atoms with E-state index in [-0.39, 0.29) is 11.0 Å². The zero-order valence-corrected chi connectivity index (χ0v) is 14.6. The van der Waals surface area contributed by atoms with Crippen LogP contribution in [0.5, 0.6) is 0 Å². The third-order valence-corrected chi connectivity index (χ3v) is 5.49. The van der Waals surface area contributed by atoms with Crippen molar-refractivity contribution in [2.45, 2.75) is 33.1 Å². The summed E-state index contributed by atoms with van der Waals surface area (Å²) < 4.78 is 0. The predicted molar refractivity (Wildman–Crippen MR) is 94.6 cm³/mol. The third-order valence-electron chi connectivity index (χ3n) is 3.31. The van der Waals surface area contributed by atoms with Crippen LogP contribution in [0.2, 0.25) is 0 Å². The minimum Gasteiger partial charge on any atom is -0.306 e. The molecule has 4 nitrogen and oxygen atoms in total. The summed E-state index contributed by atoms with van der Waals surface area (Å²) in [6, 6.07) is 1.80. The van der Waals surface area contributed by atoms with E-state index >= 15 is 0 Å². The maximum absolute atomic E-state index is 12.0. The summed E-state index contributed by atoms with van der Waals surface area (Å²) in [4.78, 5) is 25.8. The van der Waals surface area contributed by atoms with Crippen molar-refractivity contribution in [3.63, 3.8) is 0 Å². The van der Waals surface area contributed by atoms with E-state index in [0.29, 0.717) is 11.2 Å². The third kappa shape index (κ3) is 2.89. The van der Waals surface area contributed by atoms with Gasteiger partial charge in [0.1, 0.15) is 15.7 Å². The minimum atomic E-state index is -0.0940. The Balaban J connectivity index is 1.99. The number of aromatic nitrogens is 3. The maximum atomic E-state index is 12.0. The number of H-pyrrole nitrogens is 1. The minimum absolute atomic E-state index is 0.0940. The largest absolute Gasteiger partial charge is 0.306 e. The number of aromatic amines is 1. The van der Waals surface area contributed by atoms with Gasteiger partial charge >= 0.3 is 0 Å². The number of thiophene rings is 1. The Morgan fingerprint density at radius 2 is 2.14 bits per heavy atom. The van der Waals surface area contributed by atoms with Gasteiger partial charge in [-0.1, -0.05) is 20.8 Å². The molecule has 0 amide bonds. The monoisotopic (exact) mass is 331 g/mol. The van der Waals surface area contributed by atoms with Gasteiger partial charge in [0.2, 0.25) is 0 Å². The second kappa shape index (κ2) is 5.44. The summed E-state index contributed by atoms with van der Waals surface area (Å²) in [5.41, 5.74) is 0.908. The lowest BCUT2D eigenvalue weighted by atomic mass is 9.96. The number of nitrogens with zero attached hydrogens (tertiary/aromatic N) is 2. The van der Waals surface area contributed by atoms with Gasteiger partial charge < -0.3 is 4.98 Å². The van der Waals surface area contributed by atoms with Gasteiger partial charge in [0, 0.05) is 11.1 Å². The van der Waals surface area contributed by atoms with Crippen molar-refractivity contribution in [2.75, 3.05) is 0 Å². The van der Waals surface area contributed by atoms with Crippen molar-refractivity contribution in [2.24, 2.45) is 0 Å². The molecule has 1 N–H and O–H groups in total. The summed E-state index contributed by atoms with van der Waals surface area (Å²) in [5.74, 6) is 0.604. The van der Waals surface area contributed by atoms with E-state index < -0.39 is 0 Å². The molecule has 0 bridgehead atoms. The van der Waals surface area contributed by atoms with Crippen LogP contribution < -0.4 is 5.56 Å². The molecule has 3 heterocycles. The zero-order chi connectivity index (χ0) is 15.9. The predicted octanol–water partition coefficient (Wildman–Crippen LogP) is 4.30. The van der Waals surface area contributed by atoms with Crippen LogP contribution in [0, 0.1) is 0 Å². The van der Waals surface area contributed by atoms with E-state index in [4.69, 9.17) is 0 Å². The molecule has 0 aliphatic carbocycles. The molecule has 0 atom stereocenters. The fourth-order valence-electron chi connectivity index (χ4n) is 2.01. The smallest absolute Gasteiger partial charge is 0.259 e. The normalized spacial score (nSPS) is 13.0. The molecule has 0 saturated heterocycles. The lowest BCUT2D eigenvalue weighted by Crippen LogP contribution is -2.09. The van der Waals surface area contributed by atoms with Gasteiger partial charge in [-0.2, -0.15) is 0 Å². The molecule has 114 valence electrons. The van der Waals surface area contributed by atoms with Gasteiger partial charge in [0.25, 0.3) is 5.56 Å². The van der Waals surface area contributed by atoms with Gasteiger partial charge in [0.15, 0.2) is 0 Å². The van der Waals surface area contributed by atoms with Crippen LogP contribution in [0.25, 0.3) is 21.9 Å². The number of hydrogen-bond donors (Lipinski definition) is 1. The highest BCUT2D eigenvalue weighted by Gasteiger charge is 2.16. The van der Waals surface area contributed by atoms with Crippen LogP contribution in [-0.4, -0.2) is 15.0 Å². The second-order valence-corrected chi connectivity index (χ2v) is 8.15. The molecule has 0 spiro atoms. The van der Waals surface area contributed by atoms with Crippen molar-refractivity contribution >= 4 is 44.5 Å². The standard InChI is InChI=1S/C16H17N3OS2/c1-9(7-12-17-8-11(22-12)16(2,3)4)13-18-14(20)10-5-6-21-15(10)19-13/h5-8H,1-4H3,(H,18,19,20)/b9-7+. The van der Waals surface area contributed by atoms with Crippen LogP contribution in [0.1, 0.15) is 43.4 Å². The molecule has 3 aromatic heterocycles. The van der Waals surface area contributed by atoms with Crippen LogP contribution >= 0.6 is 22.7 Å². The molecule has 3 aromatic rings. The Morgan fingerprint density at radius 1 is 1.36 bits per heavy atom. The molecule has 3 rings (SSSR count). The van der Waals surface area contributed by atoms with E-state index in [1.54, 1.807) is 17.4 Å². The van der Waals surface area contributed by atoms with E-state index in [1.165, 1.54) is 16.2 Å². The van der Waals surface area contributed by atoms with Crippen molar-refractivity contribution < 1.29 is 0 Å². The van der Waals surface area contributed by atoms with E-state index in [1.807, 2.05) is 24.6 Å². The van der Waals surface area contributed by atoms with Crippen LogP contribution in [0.4, 0.5) is 0 Å². The molecule has 6 heteroatoms. The van der Waals surface area contributed by atoms with Gasteiger partial charge in [-0.25, -0.2) is 9.97 Å². The van der Waals surface area contributed by atoms with E-state index in [2.05, 4.69) is 35.7 Å². The molecule has 0 aromatic carbocycles. The molecular weight excluding hydrogens is 314 g/mol. The van der Waals surface area contributed by atoms with Crippen molar-refractivity contribution in [1.29, 1.82) is 0 Å². The van der Waals surface area contributed by atoms with Crippen molar-refractivity contribution in [1.82, 2.24) is 15.0 Å². The number of allylic oxidation sites excluding steroid dienone is 1. The Bertz CT molecular complexity index is 909. The van der Waals surface area contributed by atoms with Crippen molar-refractivity contribution in [3.8, 4) is 0 Å². The number of thiazole rings is 1. The first-order valence-electron chi connectivity index (χ1n) is 6.97. The Labute approximate surface area is 136 Å². The summed E-state index contributed by atoms with van der Waals surface area (Å²) in [6.45, 7) is 8.45. The topological polar surface area (TPSA) is 58.6 Å². The Morgan fingerprint density at radius 3 is 2.82 bits per heavy atom. The summed E-state index contributed by atoms with van der Waals surface area (Å²) >= 11 is 3.14. The fraction of sp³-hybridized carbons (Fsp3) is 0.312. The lowest BCUT2D eigenvalue weighted by molar-refractivity contribution is 0.602. The van der Waals surface area contributed by atoms with Gasteiger partial charge in [-0.15, -0.1) is 22.7 Å². The highest BCUT2D eigenvalue weighted by atomic mass is 32.1. The SMILES string of the molecule is C/C(=C\c1ncc(C(C)(C)C)s1)c1nc2sccc2c(=O)[nH]1. The van der Waals surface area contributed by atoms with Gasteiger partial charge in [-0.3, -0.25) is 4.79 Å². The summed E-state index contributed by atoms with van der Waals surface area (Å²) in [6.07, 6.45) is 3.89. The second-order valence-electron chi connectivity index (χ2n) is 6.19. The summed E-state index contributed by atoms with van der Waals surface area (Å²) in [7, 11) is 0. The molecular formula is C16H17N3OS2. The number of fused-ring (bicyclic) bond motifs is 1. The first kappa shape index (κ1) is 15.1. The Hall–Kier alpha value is -1.79. The molecule has 0 aliphatic rings. The molecule has 0 aliphatic heterocycles. The number of rotatable bonds is 2. The van der Waals surface area contributed by atoms with E-state index in [0.717, 1.165) is 15.4 Å². The first-order valence-corrected chi connectivity index (χ1v) is 8.67. The van der Waals surface area contributed by atoms with E-state index in [9.17, 15) is 4.79 Å². The molecule has 0 radical (unpaired) electrons. The first-order chi connectivity index (χ1) is 10.3. The van der Waals surface area contributed by atoms with Crippen LogP contribution in [0.15, 0.2) is 22.4 Å². The highest BCUT2D eigenvalue weighted by Crippen LogP contribution is 2.29. The van der Waals surface area contributed by atoms with Crippen LogP contribution in [0.3, 0.4) is 0 Å². The molecule has 0 unspecified atom stereocenters. The Kier molecular flexibility index (Phi) is 3.74. The number of nitrogens with one attached hydrogen (secondary N) is 1. The van der Waals surface area contributed by atoms with Gasteiger partial charge in [0.05, 0.1) is 5.39 Å². The lowest BCUT2D eigenvalue weighted by Gasteiger charge is -2.14. The summed E-state index contributed by atoms with van der Waals surface area (Å²) in [5, 5.41) is 3.45. The quantitative estimate of drug-likeness (QED) is 0.761.